The molecule has 2 aromatic heterocycles. The van der Waals surface area contributed by atoms with Crippen LogP contribution in [-0.4, -0.2) is 23.3 Å². The minimum Gasteiger partial charge on any atom is -0.495 e. The van der Waals surface area contributed by atoms with Crippen molar-refractivity contribution in [3.63, 3.8) is 0 Å². The van der Waals surface area contributed by atoms with Crippen molar-refractivity contribution in [3.8, 4) is 17.2 Å². The molecule has 0 aliphatic carbocycles. The maximum Gasteiger partial charge on any atom is 0.156 e. The number of hydrogen-bond donors (Lipinski definition) is 0. The van der Waals surface area contributed by atoms with E-state index in [1.165, 1.54) is 4.90 Å². The van der Waals surface area contributed by atoms with E-state index in [1.54, 1.807) is 31.3 Å². The molecule has 0 fully saturated rings. The van der Waals surface area contributed by atoms with Crippen LogP contribution in [0.4, 0.5) is 0 Å². The van der Waals surface area contributed by atoms with Crippen LogP contribution in [0.15, 0.2) is 53.7 Å². The fourth-order valence-electron chi connectivity index (χ4n) is 1.95. The van der Waals surface area contributed by atoms with Crippen molar-refractivity contribution in [1.29, 1.82) is 0 Å². The zero-order valence-electron chi connectivity index (χ0n) is 11.7. The van der Waals surface area contributed by atoms with Crippen molar-refractivity contribution in [2.75, 3.05) is 13.4 Å². The molecule has 0 bridgehead atoms. The molecule has 0 amide bonds. The van der Waals surface area contributed by atoms with Gasteiger partial charge in [-0.25, -0.2) is 4.98 Å². The molecule has 4 nitrogen and oxygen atoms in total. The third-order valence-electron chi connectivity index (χ3n) is 3.04. The van der Waals surface area contributed by atoms with Gasteiger partial charge in [-0.15, -0.1) is 11.8 Å². The summed E-state index contributed by atoms with van der Waals surface area (Å²) in [4.78, 5) is 9.86. The lowest BCUT2D eigenvalue weighted by Gasteiger charge is -2.09. The summed E-state index contributed by atoms with van der Waals surface area (Å²) in [6.45, 7) is 0. The highest BCUT2D eigenvalue weighted by atomic mass is 32.2. The Balaban J connectivity index is 1.95. The molecule has 3 aromatic rings. The topological polar surface area (TPSA) is 44.2 Å². The predicted octanol–water partition coefficient (Wildman–Crippen LogP) is 4.15. The van der Waals surface area contributed by atoms with Crippen LogP contribution in [-0.2, 0) is 0 Å². The second kappa shape index (κ2) is 6.01. The molecule has 0 spiro atoms. The molecule has 0 unspecified atom stereocenters. The molecule has 21 heavy (non-hydrogen) atoms. The van der Waals surface area contributed by atoms with Crippen LogP contribution >= 0.6 is 11.8 Å². The van der Waals surface area contributed by atoms with Crippen LogP contribution in [0.2, 0.25) is 0 Å². The maximum absolute atomic E-state index is 5.91. The first kappa shape index (κ1) is 13.7. The van der Waals surface area contributed by atoms with Crippen molar-refractivity contribution in [1.82, 2.24) is 9.97 Å². The van der Waals surface area contributed by atoms with Crippen molar-refractivity contribution in [2.45, 2.75) is 4.90 Å². The number of aromatic nitrogens is 2. The van der Waals surface area contributed by atoms with E-state index in [1.807, 2.05) is 42.7 Å². The van der Waals surface area contributed by atoms with Gasteiger partial charge in [0.2, 0.25) is 0 Å². The Morgan fingerprint density at radius 2 is 1.81 bits per heavy atom. The Morgan fingerprint density at radius 1 is 1.00 bits per heavy atom. The van der Waals surface area contributed by atoms with Gasteiger partial charge in [-0.1, -0.05) is 0 Å². The summed E-state index contributed by atoms with van der Waals surface area (Å²) < 4.78 is 11.1. The summed E-state index contributed by atoms with van der Waals surface area (Å²) in [5, 5.41) is 0. The minimum absolute atomic E-state index is 0.677. The summed E-state index contributed by atoms with van der Waals surface area (Å²) >= 11 is 1.70. The smallest absolute Gasteiger partial charge is 0.156 e. The summed E-state index contributed by atoms with van der Waals surface area (Å²) in [5.74, 6) is 2.13. The van der Waals surface area contributed by atoms with Crippen molar-refractivity contribution in [2.24, 2.45) is 0 Å². The van der Waals surface area contributed by atoms with E-state index >= 15 is 0 Å². The lowest BCUT2D eigenvalue weighted by Crippen LogP contribution is -1.91. The maximum atomic E-state index is 5.91. The van der Waals surface area contributed by atoms with Gasteiger partial charge in [0.15, 0.2) is 5.75 Å². The molecule has 0 saturated carbocycles. The summed E-state index contributed by atoms with van der Waals surface area (Å²) in [6, 6.07) is 11.6. The fourth-order valence-corrected chi connectivity index (χ4v) is 2.36. The third kappa shape index (κ3) is 2.92. The van der Waals surface area contributed by atoms with E-state index in [0.29, 0.717) is 17.0 Å². The van der Waals surface area contributed by atoms with E-state index < -0.39 is 0 Å². The zero-order chi connectivity index (χ0) is 14.7. The average molecular weight is 298 g/mol. The Hall–Kier alpha value is -2.27. The lowest BCUT2D eigenvalue weighted by molar-refractivity contribution is 0.413. The van der Waals surface area contributed by atoms with Gasteiger partial charge in [-0.05, 0) is 30.5 Å². The molecule has 0 atom stereocenters. The number of thioether (sulfide) groups is 1. The van der Waals surface area contributed by atoms with E-state index in [0.717, 1.165) is 11.3 Å². The van der Waals surface area contributed by atoms with Gasteiger partial charge in [0.25, 0.3) is 0 Å². The molecule has 106 valence electrons. The van der Waals surface area contributed by atoms with Crippen molar-refractivity contribution < 1.29 is 9.47 Å². The van der Waals surface area contributed by atoms with E-state index in [-0.39, 0.29) is 0 Å². The van der Waals surface area contributed by atoms with Crippen molar-refractivity contribution in [3.05, 3.63) is 48.8 Å². The monoisotopic (exact) mass is 298 g/mol. The van der Waals surface area contributed by atoms with Crippen molar-refractivity contribution >= 4 is 22.8 Å². The second-order valence-corrected chi connectivity index (χ2v) is 5.21. The van der Waals surface area contributed by atoms with Gasteiger partial charge in [-0.2, -0.15) is 0 Å². The molecule has 0 N–H and O–H groups in total. The molecule has 0 radical (unpaired) electrons. The normalized spacial score (nSPS) is 10.6. The highest BCUT2D eigenvalue weighted by molar-refractivity contribution is 7.98. The Kier molecular flexibility index (Phi) is 3.92. The highest BCUT2D eigenvalue weighted by Gasteiger charge is 2.07. The number of hydrogen-bond acceptors (Lipinski definition) is 5. The highest BCUT2D eigenvalue weighted by Crippen LogP contribution is 2.29. The molecule has 1 aromatic carbocycles. The van der Waals surface area contributed by atoms with E-state index in [4.69, 9.17) is 9.47 Å². The molecular weight excluding hydrogens is 284 g/mol. The fraction of sp³-hybridized carbons (Fsp3) is 0.125. The van der Waals surface area contributed by atoms with Gasteiger partial charge >= 0.3 is 0 Å². The summed E-state index contributed by atoms with van der Waals surface area (Å²) in [5.41, 5.74) is 1.46. The number of pyridine rings is 2. The molecular formula is C16H14N2O2S. The van der Waals surface area contributed by atoms with Crippen LogP contribution in [0.5, 0.6) is 17.2 Å². The molecule has 3 rings (SSSR count). The quantitative estimate of drug-likeness (QED) is 0.677. The summed E-state index contributed by atoms with van der Waals surface area (Å²) in [7, 11) is 1.61. The first-order valence-corrected chi connectivity index (χ1v) is 7.63. The molecule has 0 aliphatic rings. The SMILES string of the molecule is COc1cnc2c(Oc3ccc(SC)cc3)ccnc2c1. The number of methoxy groups -OCH3 is 1. The molecule has 0 saturated heterocycles. The number of benzene rings is 1. The molecule has 0 aliphatic heterocycles. The Morgan fingerprint density at radius 3 is 2.52 bits per heavy atom. The third-order valence-corrected chi connectivity index (χ3v) is 3.78. The average Bonchev–Trinajstić information content (AvgIpc) is 2.55. The van der Waals surface area contributed by atoms with Crippen LogP contribution in [0.3, 0.4) is 0 Å². The number of ether oxygens (including phenoxy) is 2. The number of nitrogens with zero attached hydrogens (tertiary/aromatic N) is 2. The first-order valence-electron chi connectivity index (χ1n) is 6.41. The standard InChI is InChI=1S/C16H14N2O2S/c1-19-12-9-14-16(18-10-12)15(7-8-17-14)20-11-3-5-13(21-2)6-4-11/h3-10H,1-2H3. The largest absolute Gasteiger partial charge is 0.495 e. The zero-order valence-corrected chi connectivity index (χ0v) is 12.6. The van der Waals surface area contributed by atoms with Crippen LogP contribution in [0.1, 0.15) is 0 Å². The van der Waals surface area contributed by atoms with Gasteiger partial charge in [0.1, 0.15) is 17.0 Å². The Labute approximate surface area is 127 Å². The second-order valence-electron chi connectivity index (χ2n) is 4.33. The molecule has 5 heteroatoms. The minimum atomic E-state index is 0.677. The first-order chi connectivity index (χ1) is 10.3. The van der Waals surface area contributed by atoms with Crippen LogP contribution in [0, 0.1) is 0 Å². The lowest BCUT2D eigenvalue weighted by atomic mass is 10.3. The van der Waals surface area contributed by atoms with Crippen LogP contribution in [0.25, 0.3) is 11.0 Å². The predicted molar refractivity (Wildman–Crippen MR) is 84.4 cm³/mol. The number of fused-ring (bicyclic) bond motifs is 1. The Bertz CT molecular complexity index is 760. The van der Waals surface area contributed by atoms with E-state index in [2.05, 4.69) is 9.97 Å². The van der Waals surface area contributed by atoms with Gasteiger partial charge in [-0.3, -0.25) is 4.98 Å². The molecule has 2 heterocycles. The van der Waals surface area contributed by atoms with Gasteiger partial charge < -0.3 is 9.47 Å². The van der Waals surface area contributed by atoms with Crippen LogP contribution < -0.4 is 9.47 Å². The van der Waals surface area contributed by atoms with Gasteiger partial charge in [0, 0.05) is 23.2 Å². The number of rotatable bonds is 4. The summed E-state index contributed by atoms with van der Waals surface area (Å²) in [6.07, 6.45) is 5.41. The van der Waals surface area contributed by atoms with E-state index in [9.17, 15) is 0 Å². The van der Waals surface area contributed by atoms with Gasteiger partial charge in [0.05, 0.1) is 18.8 Å².